The van der Waals surface area contributed by atoms with Crippen molar-refractivity contribution in [2.45, 2.75) is 6.92 Å². The maximum atomic E-state index is 11.6. The van der Waals surface area contributed by atoms with Crippen molar-refractivity contribution in [1.82, 2.24) is 34.4 Å². The van der Waals surface area contributed by atoms with Crippen LogP contribution >= 0.6 is 0 Å². The van der Waals surface area contributed by atoms with Gasteiger partial charge in [0.15, 0.2) is 11.5 Å². The molecule has 0 aliphatic rings. The number of hydrogen-bond acceptors (Lipinski definition) is 8. The molecule has 10 nitrogen and oxygen atoms in total. The number of rotatable bonds is 6. The van der Waals surface area contributed by atoms with Gasteiger partial charge in [0, 0.05) is 25.0 Å². The molecule has 1 N–H and O–H groups in total. The summed E-state index contributed by atoms with van der Waals surface area (Å²) in [6.45, 7) is 5.71. The van der Waals surface area contributed by atoms with Crippen LogP contribution in [0.3, 0.4) is 0 Å². The number of carbonyl (C=O) groups is 1. The Labute approximate surface area is 212 Å². The van der Waals surface area contributed by atoms with Gasteiger partial charge in [-0.2, -0.15) is 5.10 Å². The fourth-order valence-corrected chi connectivity index (χ4v) is 3.55. The van der Waals surface area contributed by atoms with Crippen molar-refractivity contribution < 1.29 is 9.53 Å². The van der Waals surface area contributed by atoms with Crippen molar-refractivity contribution in [3.8, 4) is 23.3 Å². The number of likely N-dealkylation sites (N-methyl/N-ethyl adjacent to an activating group) is 1. The molecular formula is C27H22N8O2. The largest absolute Gasteiger partial charge is 0.457 e. The SMILES string of the molecule is C=CC(=O)N(C)CC#Cc1ccc2ncnc(Nc3ccc(Oc4ccn5ncnc5c4)c(C)c3)c2n1. The fourth-order valence-electron chi connectivity index (χ4n) is 3.55. The van der Waals surface area contributed by atoms with E-state index in [0.29, 0.717) is 33.9 Å². The van der Waals surface area contributed by atoms with Gasteiger partial charge in [-0.3, -0.25) is 4.79 Å². The number of aromatic nitrogens is 6. The highest BCUT2D eigenvalue weighted by molar-refractivity contribution is 5.88. The van der Waals surface area contributed by atoms with Crippen LogP contribution in [0.15, 0.2) is 74.0 Å². The quantitative estimate of drug-likeness (QED) is 0.282. The molecule has 0 unspecified atom stereocenters. The molecule has 0 radical (unpaired) electrons. The van der Waals surface area contributed by atoms with Crippen molar-refractivity contribution in [1.29, 1.82) is 0 Å². The lowest BCUT2D eigenvalue weighted by Crippen LogP contribution is -2.24. The number of hydrogen-bond donors (Lipinski definition) is 1. The van der Waals surface area contributed by atoms with Crippen LogP contribution < -0.4 is 10.1 Å². The molecule has 0 saturated heterocycles. The number of carbonyl (C=O) groups excluding carboxylic acids is 1. The summed E-state index contributed by atoms with van der Waals surface area (Å²) in [6.07, 6.45) is 6.03. The Morgan fingerprint density at radius 3 is 2.89 bits per heavy atom. The van der Waals surface area contributed by atoms with E-state index in [1.54, 1.807) is 23.8 Å². The van der Waals surface area contributed by atoms with Crippen LogP contribution in [-0.2, 0) is 4.79 Å². The van der Waals surface area contributed by atoms with Gasteiger partial charge in [0.05, 0.1) is 12.1 Å². The summed E-state index contributed by atoms with van der Waals surface area (Å²) in [5.74, 6) is 7.69. The molecule has 0 saturated carbocycles. The van der Waals surface area contributed by atoms with E-state index in [9.17, 15) is 4.79 Å². The van der Waals surface area contributed by atoms with Gasteiger partial charge in [-0.1, -0.05) is 12.5 Å². The third-order valence-corrected chi connectivity index (χ3v) is 5.48. The highest BCUT2D eigenvalue weighted by Crippen LogP contribution is 2.29. The topological polar surface area (TPSA) is 110 Å². The molecule has 5 aromatic rings. The minimum Gasteiger partial charge on any atom is -0.457 e. The highest BCUT2D eigenvalue weighted by Gasteiger charge is 2.09. The number of nitrogens with one attached hydrogen (secondary N) is 1. The third-order valence-electron chi connectivity index (χ3n) is 5.48. The Hall–Kier alpha value is -5.30. The second kappa shape index (κ2) is 10.1. The summed E-state index contributed by atoms with van der Waals surface area (Å²) >= 11 is 0. The van der Waals surface area contributed by atoms with E-state index in [1.165, 1.54) is 23.6 Å². The summed E-state index contributed by atoms with van der Waals surface area (Å²) in [5.41, 5.74) is 4.28. The Bertz CT molecular complexity index is 1700. The van der Waals surface area contributed by atoms with E-state index >= 15 is 0 Å². The number of anilines is 2. The number of ether oxygens (including phenoxy) is 1. The maximum Gasteiger partial charge on any atom is 0.246 e. The highest BCUT2D eigenvalue weighted by atomic mass is 16.5. The van der Waals surface area contributed by atoms with Crippen LogP contribution in [0, 0.1) is 18.8 Å². The molecule has 0 atom stereocenters. The summed E-state index contributed by atoms with van der Waals surface area (Å²) in [4.78, 5) is 30.6. The van der Waals surface area contributed by atoms with Gasteiger partial charge < -0.3 is 15.0 Å². The molecule has 0 fully saturated rings. The Morgan fingerprint density at radius 2 is 2.05 bits per heavy atom. The second-order valence-electron chi connectivity index (χ2n) is 8.12. The number of pyridine rings is 2. The first-order valence-corrected chi connectivity index (χ1v) is 11.3. The van der Waals surface area contributed by atoms with Gasteiger partial charge in [0.25, 0.3) is 0 Å². The van der Waals surface area contributed by atoms with E-state index < -0.39 is 0 Å². The lowest BCUT2D eigenvalue weighted by molar-refractivity contribution is -0.124. The zero-order chi connectivity index (χ0) is 25.8. The first-order valence-electron chi connectivity index (χ1n) is 11.3. The average Bonchev–Trinajstić information content (AvgIpc) is 3.38. The zero-order valence-electron chi connectivity index (χ0n) is 20.2. The van der Waals surface area contributed by atoms with Crippen LogP contribution in [0.5, 0.6) is 11.5 Å². The standard InChI is InChI=1S/C27H22N8O2/c1-4-25(36)34(3)12-5-6-19-7-9-22-26(32-19)27(30-16-28-22)33-20-8-10-23(18(2)14-20)37-21-11-13-35-24(15-21)29-17-31-35/h4,7-11,13-17H,1,12H2,2-3H3,(H,28,30,33). The summed E-state index contributed by atoms with van der Waals surface area (Å²) in [7, 11) is 1.66. The van der Waals surface area contributed by atoms with E-state index in [1.807, 2.05) is 43.3 Å². The van der Waals surface area contributed by atoms with Gasteiger partial charge in [-0.25, -0.2) is 24.5 Å². The van der Waals surface area contributed by atoms with Crippen molar-refractivity contribution >= 4 is 34.1 Å². The molecule has 4 heterocycles. The lowest BCUT2D eigenvalue weighted by Gasteiger charge is -2.12. The zero-order valence-corrected chi connectivity index (χ0v) is 20.2. The Morgan fingerprint density at radius 1 is 1.16 bits per heavy atom. The first kappa shape index (κ1) is 23.4. The van der Waals surface area contributed by atoms with Crippen LogP contribution in [0.25, 0.3) is 16.7 Å². The molecule has 0 aliphatic carbocycles. The number of aryl methyl sites for hydroxylation is 1. The molecule has 37 heavy (non-hydrogen) atoms. The van der Waals surface area contributed by atoms with Gasteiger partial charge in [0.1, 0.15) is 35.4 Å². The maximum absolute atomic E-state index is 11.6. The van der Waals surface area contributed by atoms with Crippen LogP contribution in [-0.4, -0.2) is 53.9 Å². The first-order chi connectivity index (χ1) is 18.0. The molecule has 10 heteroatoms. The number of fused-ring (bicyclic) bond motifs is 2. The van der Waals surface area contributed by atoms with Crippen molar-refractivity contribution in [2.75, 3.05) is 18.9 Å². The number of nitrogens with zero attached hydrogens (tertiary/aromatic N) is 7. The molecular weight excluding hydrogens is 468 g/mol. The lowest BCUT2D eigenvalue weighted by atomic mass is 10.2. The number of benzene rings is 1. The molecule has 1 aromatic carbocycles. The molecule has 1 amide bonds. The minimum atomic E-state index is -0.191. The third kappa shape index (κ3) is 5.21. The normalized spacial score (nSPS) is 10.5. The molecule has 4 aromatic heterocycles. The molecule has 5 rings (SSSR count). The molecule has 182 valence electrons. The van der Waals surface area contributed by atoms with Crippen molar-refractivity contribution in [2.24, 2.45) is 0 Å². The predicted octanol–water partition coefficient (Wildman–Crippen LogP) is 3.91. The monoisotopic (exact) mass is 490 g/mol. The smallest absolute Gasteiger partial charge is 0.246 e. The van der Waals surface area contributed by atoms with Gasteiger partial charge >= 0.3 is 0 Å². The van der Waals surface area contributed by atoms with E-state index in [0.717, 1.165) is 17.0 Å². The summed E-state index contributed by atoms with van der Waals surface area (Å²) in [6, 6.07) is 13.0. The summed E-state index contributed by atoms with van der Waals surface area (Å²) in [5, 5.41) is 7.42. The Kier molecular flexibility index (Phi) is 6.42. The van der Waals surface area contributed by atoms with Crippen molar-refractivity contribution in [3.05, 3.63) is 85.2 Å². The second-order valence-corrected chi connectivity index (χ2v) is 8.12. The van der Waals surface area contributed by atoms with E-state index in [-0.39, 0.29) is 12.5 Å². The van der Waals surface area contributed by atoms with Gasteiger partial charge in [-0.05, 0) is 60.9 Å². The minimum absolute atomic E-state index is 0.191. The van der Waals surface area contributed by atoms with Crippen LogP contribution in [0.1, 0.15) is 11.3 Å². The predicted molar refractivity (Wildman–Crippen MR) is 140 cm³/mol. The number of amides is 1. The fraction of sp³-hybridized carbons (Fsp3) is 0.111. The summed E-state index contributed by atoms with van der Waals surface area (Å²) < 4.78 is 7.73. The van der Waals surface area contributed by atoms with Crippen molar-refractivity contribution in [3.63, 3.8) is 0 Å². The van der Waals surface area contributed by atoms with Crippen LogP contribution in [0.2, 0.25) is 0 Å². The molecule has 0 bridgehead atoms. The average molecular weight is 491 g/mol. The van der Waals surface area contributed by atoms with Gasteiger partial charge in [-0.15, -0.1) is 0 Å². The van der Waals surface area contributed by atoms with E-state index in [4.69, 9.17) is 4.74 Å². The van der Waals surface area contributed by atoms with Crippen LogP contribution in [0.4, 0.5) is 11.5 Å². The molecule has 0 aliphatic heterocycles. The van der Waals surface area contributed by atoms with E-state index in [2.05, 4.69) is 48.8 Å². The molecule has 0 spiro atoms. The Balaban J connectivity index is 1.35. The van der Waals surface area contributed by atoms with Gasteiger partial charge in [0.2, 0.25) is 5.91 Å².